The van der Waals surface area contributed by atoms with Crippen molar-refractivity contribution in [2.24, 2.45) is 0 Å². The van der Waals surface area contributed by atoms with Crippen molar-refractivity contribution < 1.29 is 32.3 Å². The number of rotatable bonds is 8. The van der Waals surface area contributed by atoms with Crippen LogP contribution in [0, 0.1) is 0 Å². The van der Waals surface area contributed by atoms with Gasteiger partial charge in [-0.25, -0.2) is 19.5 Å². The normalized spacial score (nSPS) is 16.9. The van der Waals surface area contributed by atoms with Gasteiger partial charge in [-0.05, 0) is 60.1 Å². The molecule has 12 heteroatoms. The van der Waals surface area contributed by atoms with Gasteiger partial charge in [0, 0.05) is 17.0 Å². The average Bonchev–Trinajstić information content (AvgIpc) is 3.07. The monoisotopic (exact) mass is 496 g/mol. The van der Waals surface area contributed by atoms with Crippen molar-refractivity contribution in [3.05, 3.63) is 48.2 Å². The molecule has 34 heavy (non-hydrogen) atoms. The SMILES string of the molecule is CCCCOC(=O)Nc1cc(C(C)C2NC(=O)N(c3ccc(SC(F)(F)F)cc3)C2=O)ccn1. The number of pyridine rings is 1. The molecule has 8 nitrogen and oxygen atoms in total. The number of imide groups is 1. The van der Waals surface area contributed by atoms with Crippen LogP contribution in [0.2, 0.25) is 0 Å². The fraction of sp³-hybridized carbons (Fsp3) is 0.364. The Bertz CT molecular complexity index is 1050. The number of aromatic nitrogens is 1. The highest BCUT2D eigenvalue weighted by Crippen LogP contribution is 2.37. The Labute approximate surface area is 198 Å². The number of hydrogen-bond donors (Lipinski definition) is 2. The van der Waals surface area contributed by atoms with Crippen molar-refractivity contribution in [1.29, 1.82) is 0 Å². The predicted molar refractivity (Wildman–Crippen MR) is 121 cm³/mol. The molecule has 0 spiro atoms. The summed E-state index contributed by atoms with van der Waals surface area (Å²) in [4.78, 5) is 42.3. The number of benzene rings is 1. The van der Waals surface area contributed by atoms with Gasteiger partial charge >= 0.3 is 17.6 Å². The molecule has 4 amide bonds. The minimum Gasteiger partial charge on any atom is -0.449 e. The van der Waals surface area contributed by atoms with Gasteiger partial charge in [0.15, 0.2) is 0 Å². The number of alkyl halides is 3. The summed E-state index contributed by atoms with van der Waals surface area (Å²) >= 11 is -0.282. The van der Waals surface area contributed by atoms with Crippen LogP contribution < -0.4 is 15.5 Å². The maximum atomic E-state index is 13.0. The molecule has 3 rings (SSSR count). The zero-order chi connectivity index (χ0) is 24.9. The molecule has 1 aliphatic heterocycles. The zero-order valence-electron chi connectivity index (χ0n) is 18.4. The lowest BCUT2D eigenvalue weighted by Crippen LogP contribution is -2.35. The number of unbranched alkanes of at least 4 members (excludes halogenated alkanes) is 1. The summed E-state index contributed by atoms with van der Waals surface area (Å²) in [6, 6.07) is 6.62. The van der Waals surface area contributed by atoms with Gasteiger partial charge in [-0.15, -0.1) is 0 Å². The Hall–Kier alpha value is -3.28. The molecule has 0 aliphatic carbocycles. The molecule has 1 aromatic carbocycles. The van der Waals surface area contributed by atoms with Crippen LogP contribution in [-0.4, -0.2) is 41.2 Å². The van der Waals surface area contributed by atoms with E-state index in [-0.39, 0.29) is 34.8 Å². The molecule has 1 aliphatic rings. The molecule has 2 unspecified atom stereocenters. The van der Waals surface area contributed by atoms with Crippen LogP contribution in [0.25, 0.3) is 0 Å². The van der Waals surface area contributed by atoms with E-state index >= 15 is 0 Å². The topological polar surface area (TPSA) is 101 Å². The van der Waals surface area contributed by atoms with Crippen molar-refractivity contribution in [2.75, 3.05) is 16.8 Å². The van der Waals surface area contributed by atoms with Gasteiger partial charge in [0.2, 0.25) is 0 Å². The first kappa shape index (κ1) is 25.3. The van der Waals surface area contributed by atoms with Crippen LogP contribution >= 0.6 is 11.8 Å². The Morgan fingerprint density at radius 3 is 2.62 bits per heavy atom. The second-order valence-corrected chi connectivity index (χ2v) is 8.66. The highest BCUT2D eigenvalue weighted by atomic mass is 32.2. The third kappa shape index (κ3) is 6.40. The van der Waals surface area contributed by atoms with Crippen LogP contribution in [0.15, 0.2) is 47.5 Å². The Morgan fingerprint density at radius 1 is 1.26 bits per heavy atom. The molecule has 2 atom stereocenters. The van der Waals surface area contributed by atoms with Gasteiger partial charge in [-0.2, -0.15) is 13.2 Å². The lowest BCUT2D eigenvalue weighted by Gasteiger charge is -2.19. The lowest BCUT2D eigenvalue weighted by atomic mass is 9.94. The molecular weight excluding hydrogens is 473 g/mol. The first-order valence-electron chi connectivity index (χ1n) is 10.5. The number of nitrogens with zero attached hydrogens (tertiary/aromatic N) is 2. The molecular formula is C22H23F3N4O4S. The summed E-state index contributed by atoms with van der Waals surface area (Å²) in [5.41, 5.74) is -3.64. The van der Waals surface area contributed by atoms with Gasteiger partial charge in [0.05, 0.1) is 12.3 Å². The van der Waals surface area contributed by atoms with Crippen LogP contribution in [0.4, 0.5) is 34.3 Å². The first-order valence-corrected chi connectivity index (χ1v) is 11.3. The molecule has 0 radical (unpaired) electrons. The number of thioether (sulfide) groups is 1. The average molecular weight is 497 g/mol. The van der Waals surface area contributed by atoms with Gasteiger partial charge in [-0.1, -0.05) is 20.3 Å². The van der Waals surface area contributed by atoms with Gasteiger partial charge in [0.25, 0.3) is 5.91 Å². The van der Waals surface area contributed by atoms with E-state index in [1.807, 2.05) is 6.92 Å². The number of carbonyl (C=O) groups excluding carboxylic acids is 3. The Morgan fingerprint density at radius 2 is 1.97 bits per heavy atom. The fourth-order valence-electron chi connectivity index (χ4n) is 3.32. The Balaban J connectivity index is 1.70. The third-order valence-corrected chi connectivity index (χ3v) is 5.81. The zero-order valence-corrected chi connectivity index (χ0v) is 19.2. The molecule has 1 saturated heterocycles. The molecule has 182 valence electrons. The Kier molecular flexibility index (Phi) is 8.02. The second kappa shape index (κ2) is 10.8. The van der Waals surface area contributed by atoms with E-state index in [9.17, 15) is 27.6 Å². The summed E-state index contributed by atoms with van der Waals surface area (Å²) < 4.78 is 42.7. The highest BCUT2D eigenvalue weighted by molar-refractivity contribution is 8.00. The number of anilines is 2. The van der Waals surface area contributed by atoms with Crippen LogP contribution in [0.3, 0.4) is 0 Å². The maximum Gasteiger partial charge on any atom is 0.446 e. The van der Waals surface area contributed by atoms with E-state index in [0.29, 0.717) is 5.56 Å². The van der Waals surface area contributed by atoms with E-state index < -0.39 is 35.5 Å². The van der Waals surface area contributed by atoms with Gasteiger partial charge in [-0.3, -0.25) is 10.1 Å². The van der Waals surface area contributed by atoms with Gasteiger partial charge < -0.3 is 10.1 Å². The molecule has 0 saturated carbocycles. The number of hydrogen-bond acceptors (Lipinski definition) is 6. The maximum absolute atomic E-state index is 13.0. The largest absolute Gasteiger partial charge is 0.449 e. The summed E-state index contributed by atoms with van der Waals surface area (Å²) in [7, 11) is 0. The minimum absolute atomic E-state index is 0.0572. The standard InChI is InChI=1S/C22H23F3N4O4S/c1-3-4-11-33-21(32)27-17-12-14(9-10-26-17)13(2)18-19(30)29(20(31)28-18)15-5-7-16(8-6-15)34-22(23,24)25/h5-10,12-13,18H,3-4,11H2,1-2H3,(H,28,31)(H,26,27,32). The van der Waals surface area contributed by atoms with E-state index in [2.05, 4.69) is 15.6 Å². The van der Waals surface area contributed by atoms with E-state index in [1.165, 1.54) is 30.5 Å². The quantitative estimate of drug-likeness (QED) is 0.293. The van der Waals surface area contributed by atoms with E-state index in [0.717, 1.165) is 17.7 Å². The van der Waals surface area contributed by atoms with E-state index in [1.54, 1.807) is 19.1 Å². The van der Waals surface area contributed by atoms with Gasteiger partial charge in [0.1, 0.15) is 11.9 Å². The summed E-state index contributed by atoms with van der Waals surface area (Å²) in [5, 5.41) is 5.14. The number of carbonyl (C=O) groups is 3. The van der Waals surface area contributed by atoms with Crippen molar-refractivity contribution >= 4 is 41.3 Å². The second-order valence-electron chi connectivity index (χ2n) is 7.52. The molecule has 2 aromatic rings. The summed E-state index contributed by atoms with van der Waals surface area (Å²) in [6.45, 7) is 3.99. The van der Waals surface area contributed by atoms with Crippen LogP contribution in [-0.2, 0) is 9.53 Å². The summed E-state index contributed by atoms with van der Waals surface area (Å²) in [6.07, 6.45) is 2.44. The lowest BCUT2D eigenvalue weighted by molar-refractivity contribution is -0.118. The predicted octanol–water partition coefficient (Wildman–Crippen LogP) is 5.27. The van der Waals surface area contributed by atoms with Crippen molar-refractivity contribution in [3.63, 3.8) is 0 Å². The first-order chi connectivity index (χ1) is 16.1. The van der Waals surface area contributed by atoms with Crippen molar-refractivity contribution in [2.45, 2.75) is 49.1 Å². The molecule has 2 heterocycles. The third-order valence-electron chi connectivity index (χ3n) is 5.07. The number of amides is 4. The van der Waals surface area contributed by atoms with Crippen molar-refractivity contribution in [3.8, 4) is 0 Å². The van der Waals surface area contributed by atoms with Crippen LogP contribution in [0.1, 0.15) is 38.2 Å². The number of ether oxygens (including phenoxy) is 1. The fourth-order valence-corrected chi connectivity index (χ4v) is 3.86. The van der Waals surface area contributed by atoms with E-state index in [4.69, 9.17) is 4.74 Å². The summed E-state index contributed by atoms with van der Waals surface area (Å²) in [5.74, 6) is -0.794. The smallest absolute Gasteiger partial charge is 0.446 e. The number of nitrogens with one attached hydrogen (secondary N) is 2. The number of halogens is 3. The van der Waals surface area contributed by atoms with Crippen LogP contribution in [0.5, 0.6) is 0 Å². The van der Waals surface area contributed by atoms with Crippen molar-refractivity contribution in [1.82, 2.24) is 10.3 Å². The minimum atomic E-state index is -4.44. The molecule has 1 aromatic heterocycles. The number of urea groups is 1. The molecule has 0 bridgehead atoms. The highest BCUT2D eigenvalue weighted by Gasteiger charge is 2.42. The molecule has 1 fully saturated rings. The molecule has 2 N–H and O–H groups in total.